The smallest absolute Gasteiger partial charge is 0.335 e. The molecule has 21 heavy (non-hydrogen) atoms. The molecule has 6 nitrogen and oxygen atoms in total. The van der Waals surface area contributed by atoms with Gasteiger partial charge in [-0.3, -0.25) is 0 Å². The molecule has 0 atom stereocenters. The number of amides is 2. The van der Waals surface area contributed by atoms with Crippen LogP contribution in [0.3, 0.4) is 0 Å². The summed E-state index contributed by atoms with van der Waals surface area (Å²) in [7, 11) is 1.46. The summed E-state index contributed by atoms with van der Waals surface area (Å²) in [5.41, 5.74) is 0.422. The van der Waals surface area contributed by atoms with Gasteiger partial charge in [-0.1, -0.05) is 26.7 Å². The first-order chi connectivity index (χ1) is 10.0. The molecule has 2 amide bonds. The van der Waals surface area contributed by atoms with Crippen molar-refractivity contribution in [1.29, 1.82) is 0 Å². The molecule has 1 aromatic rings. The summed E-state index contributed by atoms with van der Waals surface area (Å²) in [6, 6.07) is 3.94. The van der Waals surface area contributed by atoms with E-state index in [1.54, 1.807) is 0 Å². The minimum absolute atomic E-state index is 0.0890. The van der Waals surface area contributed by atoms with Crippen LogP contribution in [0, 0.1) is 5.92 Å². The summed E-state index contributed by atoms with van der Waals surface area (Å²) in [6.07, 6.45) is 1.99. The molecule has 0 fully saturated rings. The predicted octanol–water partition coefficient (Wildman–Crippen LogP) is 2.95. The number of carbonyl (C=O) groups is 2. The fourth-order valence-corrected chi connectivity index (χ4v) is 1.92. The SMILES string of the molecule is CCC(CC)CNC(=O)Nc1cc(C(=O)O)ccc1OC. The van der Waals surface area contributed by atoms with Crippen molar-refractivity contribution in [2.75, 3.05) is 19.0 Å². The van der Waals surface area contributed by atoms with Gasteiger partial charge in [0.15, 0.2) is 0 Å². The van der Waals surface area contributed by atoms with E-state index in [4.69, 9.17) is 9.84 Å². The van der Waals surface area contributed by atoms with Gasteiger partial charge in [0, 0.05) is 6.54 Å². The summed E-state index contributed by atoms with van der Waals surface area (Å²) in [4.78, 5) is 22.8. The Labute approximate surface area is 124 Å². The normalized spacial score (nSPS) is 10.3. The van der Waals surface area contributed by atoms with Crippen LogP contribution in [0.2, 0.25) is 0 Å². The van der Waals surface area contributed by atoms with Gasteiger partial charge < -0.3 is 20.5 Å². The van der Waals surface area contributed by atoms with Crippen molar-refractivity contribution in [3.63, 3.8) is 0 Å². The van der Waals surface area contributed by atoms with Crippen molar-refractivity contribution in [1.82, 2.24) is 5.32 Å². The number of hydrogen-bond donors (Lipinski definition) is 3. The quantitative estimate of drug-likeness (QED) is 0.721. The number of carbonyl (C=O) groups excluding carboxylic acids is 1. The van der Waals surface area contributed by atoms with Crippen LogP contribution < -0.4 is 15.4 Å². The van der Waals surface area contributed by atoms with Gasteiger partial charge in [-0.05, 0) is 24.1 Å². The van der Waals surface area contributed by atoms with Gasteiger partial charge in [0.2, 0.25) is 0 Å². The van der Waals surface area contributed by atoms with Gasteiger partial charge in [-0.15, -0.1) is 0 Å². The van der Waals surface area contributed by atoms with Crippen molar-refractivity contribution in [2.45, 2.75) is 26.7 Å². The van der Waals surface area contributed by atoms with E-state index >= 15 is 0 Å². The Morgan fingerprint density at radius 3 is 2.48 bits per heavy atom. The molecule has 0 aliphatic carbocycles. The van der Waals surface area contributed by atoms with E-state index in [-0.39, 0.29) is 11.6 Å². The molecule has 3 N–H and O–H groups in total. The Bertz CT molecular complexity index is 498. The van der Waals surface area contributed by atoms with Crippen LogP contribution in [0.15, 0.2) is 18.2 Å². The van der Waals surface area contributed by atoms with Crippen LogP contribution in [0.1, 0.15) is 37.0 Å². The maximum atomic E-state index is 11.9. The number of carboxylic acid groups (broad SMARTS) is 1. The minimum atomic E-state index is -1.06. The highest BCUT2D eigenvalue weighted by molar-refractivity contribution is 5.94. The Kier molecular flexibility index (Phi) is 6.52. The highest BCUT2D eigenvalue weighted by atomic mass is 16.5. The molecule has 0 aliphatic heterocycles. The topological polar surface area (TPSA) is 87.7 Å². The molecule has 0 heterocycles. The monoisotopic (exact) mass is 294 g/mol. The number of hydrogen-bond acceptors (Lipinski definition) is 3. The van der Waals surface area contributed by atoms with E-state index in [2.05, 4.69) is 24.5 Å². The Hall–Kier alpha value is -2.24. The Balaban J connectivity index is 2.74. The molecule has 0 saturated heterocycles. The van der Waals surface area contributed by atoms with Gasteiger partial charge in [0.25, 0.3) is 0 Å². The highest BCUT2D eigenvalue weighted by Crippen LogP contribution is 2.25. The van der Waals surface area contributed by atoms with E-state index in [1.165, 1.54) is 25.3 Å². The average molecular weight is 294 g/mol. The maximum absolute atomic E-state index is 11.9. The van der Waals surface area contributed by atoms with Gasteiger partial charge in [-0.2, -0.15) is 0 Å². The fraction of sp³-hybridized carbons (Fsp3) is 0.467. The molecular formula is C15H22N2O4. The molecule has 0 unspecified atom stereocenters. The van der Waals surface area contributed by atoms with E-state index in [9.17, 15) is 9.59 Å². The second-order valence-electron chi connectivity index (χ2n) is 4.74. The van der Waals surface area contributed by atoms with E-state index in [0.717, 1.165) is 12.8 Å². The lowest BCUT2D eigenvalue weighted by molar-refractivity contribution is 0.0697. The molecular weight excluding hydrogens is 272 g/mol. The molecule has 0 aromatic heterocycles. The fourth-order valence-electron chi connectivity index (χ4n) is 1.92. The standard InChI is InChI=1S/C15H22N2O4/c1-4-10(5-2)9-16-15(20)17-12-8-11(14(18)19)6-7-13(12)21-3/h6-8,10H,4-5,9H2,1-3H3,(H,18,19)(H2,16,17,20). The van der Waals surface area contributed by atoms with Crippen LogP contribution >= 0.6 is 0 Å². The molecule has 0 aliphatic rings. The second kappa shape index (κ2) is 8.14. The zero-order valence-electron chi connectivity index (χ0n) is 12.6. The summed E-state index contributed by atoms with van der Waals surface area (Å²) in [6.45, 7) is 4.74. The van der Waals surface area contributed by atoms with E-state index in [0.29, 0.717) is 23.9 Å². The summed E-state index contributed by atoms with van der Waals surface area (Å²) in [5.74, 6) is -0.209. The largest absolute Gasteiger partial charge is 0.495 e. The van der Waals surface area contributed by atoms with Crippen LogP contribution in [-0.2, 0) is 0 Å². The number of ether oxygens (including phenoxy) is 1. The summed E-state index contributed by atoms with van der Waals surface area (Å²) >= 11 is 0. The number of rotatable bonds is 7. The van der Waals surface area contributed by atoms with Crippen molar-refractivity contribution in [3.8, 4) is 5.75 Å². The second-order valence-corrected chi connectivity index (χ2v) is 4.74. The van der Waals surface area contributed by atoms with Crippen molar-refractivity contribution < 1.29 is 19.4 Å². The predicted molar refractivity (Wildman–Crippen MR) is 81.0 cm³/mol. The zero-order valence-corrected chi connectivity index (χ0v) is 12.6. The van der Waals surface area contributed by atoms with Gasteiger partial charge in [0.1, 0.15) is 5.75 Å². The molecule has 0 bridgehead atoms. The summed E-state index contributed by atoms with van der Waals surface area (Å²) < 4.78 is 5.11. The first-order valence-electron chi connectivity index (χ1n) is 6.97. The lowest BCUT2D eigenvalue weighted by atomic mass is 10.0. The third-order valence-electron chi connectivity index (χ3n) is 3.40. The lowest BCUT2D eigenvalue weighted by Gasteiger charge is -2.15. The van der Waals surface area contributed by atoms with Gasteiger partial charge >= 0.3 is 12.0 Å². The molecule has 1 aromatic carbocycles. The first kappa shape index (κ1) is 16.8. The van der Waals surface area contributed by atoms with Crippen LogP contribution in [0.5, 0.6) is 5.75 Å². The third-order valence-corrected chi connectivity index (χ3v) is 3.40. The van der Waals surface area contributed by atoms with Crippen LogP contribution in [0.4, 0.5) is 10.5 Å². The highest BCUT2D eigenvalue weighted by Gasteiger charge is 2.12. The molecule has 1 rings (SSSR count). The molecule has 0 radical (unpaired) electrons. The Morgan fingerprint density at radius 2 is 1.95 bits per heavy atom. The minimum Gasteiger partial charge on any atom is -0.495 e. The summed E-state index contributed by atoms with van der Waals surface area (Å²) in [5, 5.41) is 14.4. The number of urea groups is 1. The van der Waals surface area contributed by atoms with Crippen LogP contribution in [0.25, 0.3) is 0 Å². The zero-order chi connectivity index (χ0) is 15.8. The van der Waals surface area contributed by atoms with E-state index < -0.39 is 5.97 Å². The van der Waals surface area contributed by atoms with Gasteiger partial charge in [0.05, 0.1) is 18.4 Å². The molecule has 0 saturated carbocycles. The number of methoxy groups -OCH3 is 1. The molecule has 116 valence electrons. The third kappa shape index (κ3) is 4.98. The lowest BCUT2D eigenvalue weighted by Crippen LogP contribution is -2.33. The maximum Gasteiger partial charge on any atom is 0.335 e. The van der Waals surface area contributed by atoms with Crippen LogP contribution in [-0.4, -0.2) is 30.8 Å². The average Bonchev–Trinajstić information content (AvgIpc) is 2.48. The number of nitrogens with one attached hydrogen (secondary N) is 2. The first-order valence-corrected chi connectivity index (χ1v) is 6.97. The number of benzene rings is 1. The molecule has 0 spiro atoms. The van der Waals surface area contributed by atoms with Crippen molar-refractivity contribution in [3.05, 3.63) is 23.8 Å². The Morgan fingerprint density at radius 1 is 1.29 bits per heavy atom. The number of carboxylic acids is 1. The van der Waals surface area contributed by atoms with Crippen molar-refractivity contribution >= 4 is 17.7 Å². The number of anilines is 1. The molecule has 6 heteroatoms. The number of aromatic carboxylic acids is 1. The van der Waals surface area contributed by atoms with Crippen molar-refractivity contribution in [2.24, 2.45) is 5.92 Å². The van der Waals surface area contributed by atoms with E-state index in [1.807, 2.05) is 0 Å². The van der Waals surface area contributed by atoms with Gasteiger partial charge in [-0.25, -0.2) is 9.59 Å².